The minimum absolute atomic E-state index is 0.153. The maximum absolute atomic E-state index is 12.5. The molecule has 1 amide bonds. The standard InChI is InChI=1S/C21H34N4O/c1-3-24-10-12-25(13-11-24)16-20-7-5-4-6-19(20)15-23-21(26)18-8-9-22-17(2)14-18/h4-7,17-18,22H,3,8-16H2,1-2H3,(H,23,26)/t17-,18-/m0/s1. The van der Waals surface area contributed by atoms with Gasteiger partial charge in [0.15, 0.2) is 0 Å². The lowest BCUT2D eigenvalue weighted by atomic mass is 9.92. The molecule has 0 spiro atoms. The van der Waals surface area contributed by atoms with Gasteiger partial charge in [-0.05, 0) is 44.0 Å². The highest BCUT2D eigenvalue weighted by molar-refractivity contribution is 5.78. The van der Waals surface area contributed by atoms with Gasteiger partial charge in [0.2, 0.25) is 5.91 Å². The Labute approximate surface area is 158 Å². The molecule has 0 saturated carbocycles. The van der Waals surface area contributed by atoms with Crippen LogP contribution in [-0.2, 0) is 17.9 Å². The van der Waals surface area contributed by atoms with Gasteiger partial charge in [0, 0.05) is 51.2 Å². The predicted molar refractivity (Wildman–Crippen MR) is 106 cm³/mol. The number of amides is 1. The van der Waals surface area contributed by atoms with Crippen LogP contribution in [0.1, 0.15) is 37.8 Å². The fraction of sp³-hybridized carbons (Fsp3) is 0.667. The highest BCUT2D eigenvalue weighted by Gasteiger charge is 2.24. The highest BCUT2D eigenvalue weighted by atomic mass is 16.1. The van der Waals surface area contributed by atoms with Crippen molar-refractivity contribution in [1.29, 1.82) is 0 Å². The van der Waals surface area contributed by atoms with E-state index in [1.165, 1.54) is 11.1 Å². The second-order valence-corrected chi connectivity index (χ2v) is 7.77. The molecule has 1 aromatic rings. The van der Waals surface area contributed by atoms with E-state index in [4.69, 9.17) is 0 Å². The van der Waals surface area contributed by atoms with Gasteiger partial charge in [-0.1, -0.05) is 31.2 Å². The first-order chi connectivity index (χ1) is 12.7. The van der Waals surface area contributed by atoms with Crippen molar-refractivity contribution >= 4 is 5.91 Å². The Bertz CT molecular complexity index is 583. The fourth-order valence-corrected chi connectivity index (χ4v) is 4.09. The summed E-state index contributed by atoms with van der Waals surface area (Å²) in [5, 5.41) is 6.60. The van der Waals surface area contributed by atoms with Crippen molar-refractivity contribution in [2.45, 2.75) is 45.8 Å². The SMILES string of the molecule is CCN1CCN(Cc2ccccc2CNC(=O)[C@H]2CCN[C@@H](C)C2)CC1. The molecule has 2 atom stereocenters. The minimum Gasteiger partial charge on any atom is -0.352 e. The number of likely N-dealkylation sites (N-methyl/N-ethyl adjacent to an activating group) is 1. The van der Waals surface area contributed by atoms with Gasteiger partial charge in [-0.15, -0.1) is 0 Å². The summed E-state index contributed by atoms with van der Waals surface area (Å²) in [4.78, 5) is 17.6. The van der Waals surface area contributed by atoms with Crippen molar-refractivity contribution in [3.8, 4) is 0 Å². The first-order valence-corrected chi connectivity index (χ1v) is 10.2. The molecular formula is C21H34N4O. The predicted octanol–water partition coefficient (Wildman–Crippen LogP) is 1.83. The largest absolute Gasteiger partial charge is 0.352 e. The molecule has 2 N–H and O–H groups in total. The van der Waals surface area contributed by atoms with Gasteiger partial charge in [-0.25, -0.2) is 0 Å². The number of hydrogen-bond acceptors (Lipinski definition) is 4. The van der Waals surface area contributed by atoms with Crippen molar-refractivity contribution in [3.63, 3.8) is 0 Å². The summed E-state index contributed by atoms with van der Waals surface area (Å²) in [6.45, 7) is 12.7. The van der Waals surface area contributed by atoms with E-state index < -0.39 is 0 Å². The van der Waals surface area contributed by atoms with Crippen molar-refractivity contribution in [3.05, 3.63) is 35.4 Å². The van der Waals surface area contributed by atoms with Crippen LogP contribution in [0.3, 0.4) is 0 Å². The maximum Gasteiger partial charge on any atom is 0.223 e. The van der Waals surface area contributed by atoms with E-state index in [-0.39, 0.29) is 11.8 Å². The average molecular weight is 359 g/mol. The monoisotopic (exact) mass is 358 g/mol. The van der Waals surface area contributed by atoms with Gasteiger partial charge >= 0.3 is 0 Å². The lowest BCUT2D eigenvalue weighted by Crippen LogP contribution is -2.45. The number of nitrogens with one attached hydrogen (secondary N) is 2. The smallest absolute Gasteiger partial charge is 0.223 e. The van der Waals surface area contributed by atoms with E-state index in [9.17, 15) is 4.79 Å². The van der Waals surface area contributed by atoms with Gasteiger partial charge in [0.05, 0.1) is 0 Å². The van der Waals surface area contributed by atoms with Crippen molar-refractivity contribution in [2.75, 3.05) is 39.3 Å². The molecule has 0 aliphatic carbocycles. The van der Waals surface area contributed by atoms with Crippen LogP contribution in [0.4, 0.5) is 0 Å². The molecule has 5 heteroatoms. The maximum atomic E-state index is 12.5. The summed E-state index contributed by atoms with van der Waals surface area (Å²) in [5.41, 5.74) is 2.59. The Hall–Kier alpha value is -1.43. The average Bonchev–Trinajstić information content (AvgIpc) is 2.67. The van der Waals surface area contributed by atoms with E-state index in [2.05, 4.69) is 58.5 Å². The van der Waals surface area contributed by atoms with Crippen LogP contribution in [0.25, 0.3) is 0 Å². The lowest BCUT2D eigenvalue weighted by molar-refractivity contribution is -0.126. The summed E-state index contributed by atoms with van der Waals surface area (Å²) in [6.07, 6.45) is 1.88. The third-order valence-corrected chi connectivity index (χ3v) is 5.87. The number of hydrogen-bond donors (Lipinski definition) is 2. The van der Waals surface area contributed by atoms with Crippen molar-refractivity contribution in [2.24, 2.45) is 5.92 Å². The molecule has 0 radical (unpaired) electrons. The third kappa shape index (κ3) is 5.29. The molecule has 144 valence electrons. The Morgan fingerprint density at radius 1 is 1.15 bits per heavy atom. The van der Waals surface area contributed by atoms with Crippen LogP contribution < -0.4 is 10.6 Å². The normalized spacial score (nSPS) is 25.2. The Morgan fingerprint density at radius 3 is 2.54 bits per heavy atom. The van der Waals surface area contributed by atoms with Crippen LogP contribution in [0.15, 0.2) is 24.3 Å². The van der Waals surface area contributed by atoms with Gasteiger partial charge in [0.25, 0.3) is 0 Å². The van der Waals surface area contributed by atoms with Crippen LogP contribution >= 0.6 is 0 Å². The molecule has 1 aromatic carbocycles. The molecule has 0 aromatic heterocycles. The van der Waals surface area contributed by atoms with E-state index in [0.29, 0.717) is 12.6 Å². The molecule has 2 fully saturated rings. The molecule has 0 bridgehead atoms. The number of piperazine rings is 1. The van der Waals surface area contributed by atoms with E-state index in [1.54, 1.807) is 0 Å². The Balaban J connectivity index is 1.53. The zero-order valence-corrected chi connectivity index (χ0v) is 16.3. The highest BCUT2D eigenvalue weighted by Crippen LogP contribution is 2.17. The minimum atomic E-state index is 0.153. The topological polar surface area (TPSA) is 47.6 Å². The molecule has 2 saturated heterocycles. The number of nitrogens with zero attached hydrogens (tertiary/aromatic N) is 2. The molecule has 2 aliphatic heterocycles. The zero-order chi connectivity index (χ0) is 18.4. The molecule has 2 aliphatic rings. The summed E-state index contributed by atoms with van der Waals surface area (Å²) in [7, 11) is 0. The zero-order valence-electron chi connectivity index (χ0n) is 16.3. The number of carbonyl (C=O) groups excluding carboxylic acids is 1. The molecule has 2 heterocycles. The van der Waals surface area contributed by atoms with Gasteiger partial charge in [-0.3, -0.25) is 9.69 Å². The second kappa shape index (κ2) is 9.49. The summed E-state index contributed by atoms with van der Waals surface area (Å²) in [6, 6.07) is 8.99. The third-order valence-electron chi connectivity index (χ3n) is 5.87. The van der Waals surface area contributed by atoms with Crippen molar-refractivity contribution < 1.29 is 4.79 Å². The lowest BCUT2D eigenvalue weighted by Gasteiger charge is -2.34. The first-order valence-electron chi connectivity index (χ1n) is 10.2. The number of carbonyl (C=O) groups is 1. The number of piperidine rings is 1. The summed E-state index contributed by atoms with van der Waals surface area (Å²) in [5.74, 6) is 0.366. The fourth-order valence-electron chi connectivity index (χ4n) is 4.09. The van der Waals surface area contributed by atoms with E-state index in [0.717, 1.165) is 58.7 Å². The first kappa shape index (κ1) is 19.3. The second-order valence-electron chi connectivity index (χ2n) is 7.77. The van der Waals surface area contributed by atoms with Crippen LogP contribution in [0.5, 0.6) is 0 Å². The molecule has 26 heavy (non-hydrogen) atoms. The van der Waals surface area contributed by atoms with Crippen molar-refractivity contribution in [1.82, 2.24) is 20.4 Å². The quantitative estimate of drug-likeness (QED) is 0.815. The Kier molecular flexibility index (Phi) is 7.06. The summed E-state index contributed by atoms with van der Waals surface area (Å²) < 4.78 is 0. The van der Waals surface area contributed by atoms with Crippen LogP contribution in [-0.4, -0.2) is 61.0 Å². The van der Waals surface area contributed by atoms with Crippen LogP contribution in [0.2, 0.25) is 0 Å². The Morgan fingerprint density at radius 2 is 1.85 bits per heavy atom. The number of benzene rings is 1. The molecule has 0 unspecified atom stereocenters. The molecule has 3 rings (SSSR count). The van der Waals surface area contributed by atoms with Gasteiger partial charge in [0.1, 0.15) is 0 Å². The summed E-state index contributed by atoms with van der Waals surface area (Å²) >= 11 is 0. The van der Waals surface area contributed by atoms with Gasteiger partial charge in [-0.2, -0.15) is 0 Å². The van der Waals surface area contributed by atoms with Gasteiger partial charge < -0.3 is 15.5 Å². The molecular weight excluding hydrogens is 324 g/mol. The van der Waals surface area contributed by atoms with E-state index >= 15 is 0 Å². The number of rotatable bonds is 6. The van der Waals surface area contributed by atoms with E-state index in [1.807, 2.05) is 0 Å². The molecule has 5 nitrogen and oxygen atoms in total. The van der Waals surface area contributed by atoms with Crippen LogP contribution in [0, 0.1) is 5.92 Å².